The lowest BCUT2D eigenvalue weighted by atomic mass is 9.89. The lowest BCUT2D eigenvalue weighted by Gasteiger charge is -2.35. The first-order chi connectivity index (χ1) is 9.02. The van der Waals surface area contributed by atoms with E-state index in [1.165, 1.54) is 5.57 Å². The largest absolute Gasteiger partial charge is 0.497 e. The molecular weight excluding hydrogens is 240 g/mol. The first-order valence-electron chi connectivity index (χ1n) is 6.66. The highest BCUT2D eigenvalue weighted by Gasteiger charge is 2.31. The number of hydrogen-bond donors (Lipinski definition) is 1. The van der Waals surface area contributed by atoms with E-state index in [2.05, 4.69) is 0 Å². The van der Waals surface area contributed by atoms with Crippen molar-refractivity contribution >= 4 is 0 Å². The van der Waals surface area contributed by atoms with E-state index < -0.39 is 6.10 Å². The summed E-state index contributed by atoms with van der Waals surface area (Å²) in [6.07, 6.45) is 0.0969. The standard InChI is InChI=1S/C16H22O3/c1-10(2)14-9-15(19-11(3)16(14)17)12-5-7-13(18-4)8-6-12/h5-8,11,15-17H,9H2,1-4H3/t11-,15-,16-/m1/s1. The minimum absolute atomic E-state index is 0.00852. The van der Waals surface area contributed by atoms with E-state index in [-0.39, 0.29) is 12.2 Å². The van der Waals surface area contributed by atoms with Gasteiger partial charge in [-0.1, -0.05) is 17.7 Å². The second-order valence-corrected chi connectivity index (χ2v) is 5.28. The smallest absolute Gasteiger partial charge is 0.118 e. The van der Waals surface area contributed by atoms with E-state index >= 15 is 0 Å². The molecule has 1 saturated heterocycles. The fraction of sp³-hybridized carbons (Fsp3) is 0.500. The van der Waals surface area contributed by atoms with Crippen LogP contribution >= 0.6 is 0 Å². The number of hydrogen-bond acceptors (Lipinski definition) is 3. The van der Waals surface area contributed by atoms with Gasteiger partial charge in [0.15, 0.2) is 0 Å². The molecule has 0 unspecified atom stereocenters. The maximum atomic E-state index is 10.2. The Bertz CT molecular complexity index is 457. The number of ether oxygens (including phenoxy) is 2. The average Bonchev–Trinajstić information content (AvgIpc) is 2.41. The van der Waals surface area contributed by atoms with E-state index in [0.29, 0.717) is 0 Å². The summed E-state index contributed by atoms with van der Waals surface area (Å²) in [6.45, 7) is 6.01. The van der Waals surface area contributed by atoms with Crippen LogP contribution in [0, 0.1) is 0 Å². The molecule has 1 N–H and O–H groups in total. The van der Waals surface area contributed by atoms with Crippen molar-refractivity contribution in [1.82, 2.24) is 0 Å². The average molecular weight is 262 g/mol. The summed E-state index contributed by atoms with van der Waals surface area (Å²) in [7, 11) is 1.66. The molecule has 19 heavy (non-hydrogen) atoms. The summed E-state index contributed by atoms with van der Waals surface area (Å²) in [5.41, 5.74) is 3.40. The van der Waals surface area contributed by atoms with Gasteiger partial charge in [0.25, 0.3) is 0 Å². The lowest BCUT2D eigenvalue weighted by molar-refractivity contribution is -0.0840. The Labute approximate surface area is 114 Å². The molecule has 0 aromatic heterocycles. The fourth-order valence-electron chi connectivity index (χ4n) is 2.50. The molecule has 3 atom stereocenters. The van der Waals surface area contributed by atoms with Gasteiger partial charge in [-0.25, -0.2) is 0 Å². The number of benzene rings is 1. The molecule has 1 fully saturated rings. The van der Waals surface area contributed by atoms with Gasteiger partial charge in [0.1, 0.15) is 11.9 Å². The van der Waals surface area contributed by atoms with Gasteiger partial charge in [0.2, 0.25) is 0 Å². The Morgan fingerprint density at radius 2 is 1.89 bits per heavy atom. The predicted octanol–water partition coefficient (Wildman–Crippen LogP) is 3.24. The second-order valence-electron chi connectivity index (χ2n) is 5.28. The molecule has 1 heterocycles. The molecule has 3 nitrogen and oxygen atoms in total. The summed E-state index contributed by atoms with van der Waals surface area (Å²) < 4.78 is 11.1. The van der Waals surface area contributed by atoms with Crippen molar-refractivity contribution in [2.24, 2.45) is 0 Å². The van der Waals surface area contributed by atoms with Crippen LogP contribution in [-0.2, 0) is 4.74 Å². The Morgan fingerprint density at radius 1 is 1.26 bits per heavy atom. The summed E-state index contributed by atoms with van der Waals surface area (Å²) >= 11 is 0. The van der Waals surface area contributed by atoms with E-state index in [0.717, 1.165) is 23.3 Å². The molecule has 0 amide bonds. The molecule has 2 rings (SSSR count). The van der Waals surface area contributed by atoms with Crippen molar-refractivity contribution in [1.29, 1.82) is 0 Å². The van der Waals surface area contributed by atoms with E-state index in [4.69, 9.17) is 9.47 Å². The highest BCUT2D eigenvalue weighted by atomic mass is 16.5. The van der Waals surface area contributed by atoms with Crippen LogP contribution in [0.15, 0.2) is 35.4 Å². The number of rotatable bonds is 2. The molecule has 0 bridgehead atoms. The Hall–Kier alpha value is -1.32. The van der Waals surface area contributed by atoms with Gasteiger partial charge in [-0.2, -0.15) is 0 Å². The van der Waals surface area contributed by atoms with Crippen molar-refractivity contribution in [2.45, 2.75) is 45.5 Å². The van der Waals surface area contributed by atoms with Crippen LogP contribution < -0.4 is 4.74 Å². The van der Waals surface area contributed by atoms with Gasteiger partial charge >= 0.3 is 0 Å². The number of aliphatic hydroxyl groups is 1. The first-order valence-corrected chi connectivity index (χ1v) is 6.66. The van der Waals surface area contributed by atoms with Crippen LogP contribution in [0.5, 0.6) is 5.75 Å². The van der Waals surface area contributed by atoms with Crippen molar-refractivity contribution < 1.29 is 14.6 Å². The SMILES string of the molecule is COc1ccc([C@H]2CC(=C(C)C)[C@H](O)[C@@H](C)O2)cc1. The molecule has 0 saturated carbocycles. The lowest BCUT2D eigenvalue weighted by Crippen LogP contribution is -2.35. The van der Waals surface area contributed by atoms with Gasteiger partial charge < -0.3 is 14.6 Å². The molecule has 0 spiro atoms. The minimum Gasteiger partial charge on any atom is -0.497 e. The topological polar surface area (TPSA) is 38.7 Å². The predicted molar refractivity (Wildman–Crippen MR) is 75.3 cm³/mol. The number of aliphatic hydroxyl groups excluding tert-OH is 1. The molecule has 0 aliphatic carbocycles. The van der Waals surface area contributed by atoms with Gasteiger partial charge in [-0.05, 0) is 44.0 Å². The van der Waals surface area contributed by atoms with Crippen molar-refractivity contribution in [2.75, 3.05) is 7.11 Å². The van der Waals surface area contributed by atoms with E-state index in [1.807, 2.05) is 45.0 Å². The maximum absolute atomic E-state index is 10.2. The highest BCUT2D eigenvalue weighted by molar-refractivity contribution is 5.31. The monoisotopic (exact) mass is 262 g/mol. The van der Waals surface area contributed by atoms with Crippen LogP contribution in [0.2, 0.25) is 0 Å². The number of allylic oxidation sites excluding steroid dienone is 1. The van der Waals surface area contributed by atoms with Crippen LogP contribution in [0.3, 0.4) is 0 Å². The zero-order valence-electron chi connectivity index (χ0n) is 12.0. The van der Waals surface area contributed by atoms with Crippen LogP contribution in [0.1, 0.15) is 38.9 Å². The zero-order chi connectivity index (χ0) is 14.0. The van der Waals surface area contributed by atoms with Crippen molar-refractivity contribution in [3.8, 4) is 5.75 Å². The quantitative estimate of drug-likeness (QED) is 0.832. The third-order valence-corrected chi connectivity index (χ3v) is 3.72. The third kappa shape index (κ3) is 2.99. The molecular formula is C16H22O3. The fourth-order valence-corrected chi connectivity index (χ4v) is 2.50. The summed E-state index contributed by atoms with van der Waals surface area (Å²) in [6, 6.07) is 7.93. The zero-order valence-corrected chi connectivity index (χ0v) is 12.0. The molecule has 0 radical (unpaired) electrons. The second kappa shape index (κ2) is 5.76. The van der Waals surface area contributed by atoms with Gasteiger partial charge in [0.05, 0.1) is 19.3 Å². The first kappa shape index (κ1) is 14.1. The van der Waals surface area contributed by atoms with Crippen LogP contribution in [0.25, 0.3) is 0 Å². The van der Waals surface area contributed by atoms with Gasteiger partial charge in [-0.3, -0.25) is 0 Å². The number of methoxy groups -OCH3 is 1. The summed E-state index contributed by atoms with van der Waals surface area (Å²) in [5, 5.41) is 10.2. The van der Waals surface area contributed by atoms with Crippen LogP contribution in [-0.4, -0.2) is 24.4 Å². The van der Waals surface area contributed by atoms with E-state index in [9.17, 15) is 5.11 Å². The van der Waals surface area contributed by atoms with Crippen molar-refractivity contribution in [3.05, 3.63) is 41.0 Å². The Morgan fingerprint density at radius 3 is 2.42 bits per heavy atom. The molecule has 1 aromatic rings. The molecule has 1 aliphatic rings. The molecule has 1 aliphatic heterocycles. The maximum Gasteiger partial charge on any atom is 0.118 e. The summed E-state index contributed by atoms with van der Waals surface area (Å²) in [4.78, 5) is 0. The Balaban J connectivity index is 2.23. The van der Waals surface area contributed by atoms with Crippen molar-refractivity contribution in [3.63, 3.8) is 0 Å². The minimum atomic E-state index is -0.487. The summed E-state index contributed by atoms with van der Waals surface area (Å²) in [5.74, 6) is 0.843. The molecule has 104 valence electrons. The highest BCUT2D eigenvalue weighted by Crippen LogP contribution is 2.36. The van der Waals surface area contributed by atoms with E-state index in [1.54, 1.807) is 7.11 Å². The van der Waals surface area contributed by atoms with Crippen LogP contribution in [0.4, 0.5) is 0 Å². The van der Waals surface area contributed by atoms with Gasteiger partial charge in [0, 0.05) is 6.42 Å². The Kier molecular flexibility index (Phi) is 4.27. The molecule has 1 aromatic carbocycles. The van der Waals surface area contributed by atoms with Gasteiger partial charge in [-0.15, -0.1) is 0 Å². The third-order valence-electron chi connectivity index (χ3n) is 3.72. The molecule has 3 heteroatoms. The normalized spacial score (nSPS) is 27.2.